The van der Waals surface area contributed by atoms with E-state index in [4.69, 9.17) is 0 Å². The highest BCUT2D eigenvalue weighted by atomic mass is 19.1. The van der Waals surface area contributed by atoms with Crippen molar-refractivity contribution in [1.82, 2.24) is 35.3 Å². The van der Waals surface area contributed by atoms with Crippen molar-refractivity contribution in [3.63, 3.8) is 0 Å². The second-order valence-electron chi connectivity index (χ2n) is 21.1. The average molecular weight is 980 g/mol. The first-order chi connectivity index (χ1) is 34.1. The molecule has 380 valence electrons. The zero-order valence-electron chi connectivity index (χ0n) is 41.1. The standard InChI is InChI=1S/C52H67F2N11O6/c1-51(2)14-19-60(20-15-51)31-35-27-40(54)42(29-39(35)53)64-32-46(67)59-52(33-64)16-21-62(22-17-52)44-30-43(56-34-57-44)55-18-8-6-4-3-5-7-9-47(68)63-25-23-61(24-26-63)36-10-11-37-38(28-36)50(71)65(49(37)70)41-12-13-45(66)58-48(41)69/h10-11,27-30,34,41H,3-9,12-26,31-33H2,1-2H3,(H,59,67)(H,55,56,57)(H,58,66,69). The maximum atomic E-state index is 15.7. The SMILES string of the molecule is CC1(C)CCN(Cc2cc(F)c(N3CC(=O)NC4(CCN(c5cc(NCCCCCCCCC(=O)N6CCN(c7ccc8c(c7)C(=O)N(C7CCC(=O)NC7=O)C8=O)CC6)ncn5)CC4)C3)cc2F)CC1. The summed E-state index contributed by atoms with van der Waals surface area (Å²) in [5, 5.41) is 8.85. The predicted octanol–water partition coefficient (Wildman–Crippen LogP) is 5.24. The van der Waals surface area contributed by atoms with Gasteiger partial charge >= 0.3 is 0 Å². The molecular formula is C52H67F2N11O6. The Balaban J connectivity index is 0.646. The molecule has 1 unspecified atom stereocenters. The molecule has 1 atom stereocenters. The Morgan fingerprint density at radius 3 is 2.21 bits per heavy atom. The molecule has 71 heavy (non-hydrogen) atoms. The second-order valence-corrected chi connectivity index (χ2v) is 21.1. The van der Waals surface area contributed by atoms with Crippen molar-refractivity contribution in [3.05, 3.63) is 71.1 Å². The number of piperazine rings is 2. The van der Waals surface area contributed by atoms with E-state index in [1.165, 1.54) is 12.1 Å². The lowest BCUT2D eigenvalue weighted by atomic mass is 9.82. The average Bonchev–Trinajstić information content (AvgIpc) is 3.60. The van der Waals surface area contributed by atoms with Crippen LogP contribution in [0.4, 0.5) is 31.8 Å². The summed E-state index contributed by atoms with van der Waals surface area (Å²) in [6, 6.07) is 8.63. The van der Waals surface area contributed by atoms with Crippen molar-refractivity contribution in [1.29, 1.82) is 0 Å². The van der Waals surface area contributed by atoms with E-state index >= 15 is 8.78 Å². The number of carbonyl (C=O) groups is 6. The number of piperidine rings is 3. The quantitative estimate of drug-likeness (QED) is 0.125. The van der Waals surface area contributed by atoms with Gasteiger partial charge in [0.1, 0.15) is 35.6 Å². The van der Waals surface area contributed by atoms with Crippen molar-refractivity contribution in [2.75, 3.05) is 92.0 Å². The van der Waals surface area contributed by atoms with Crippen LogP contribution in [0, 0.1) is 17.0 Å². The highest BCUT2D eigenvalue weighted by Crippen LogP contribution is 2.35. The van der Waals surface area contributed by atoms with Gasteiger partial charge in [-0.1, -0.05) is 39.5 Å². The van der Waals surface area contributed by atoms with Crippen LogP contribution in [-0.4, -0.2) is 144 Å². The summed E-state index contributed by atoms with van der Waals surface area (Å²) in [5.74, 6) is -1.57. The van der Waals surface area contributed by atoms with Gasteiger partial charge in [0, 0.05) is 95.1 Å². The Kier molecular flexibility index (Phi) is 14.9. The lowest BCUT2D eigenvalue weighted by Gasteiger charge is -2.48. The van der Waals surface area contributed by atoms with Crippen LogP contribution in [-0.2, 0) is 25.7 Å². The van der Waals surface area contributed by atoms with Crippen molar-refractivity contribution < 1.29 is 37.5 Å². The molecule has 1 aromatic heterocycles. The number of aromatic nitrogens is 2. The third-order valence-electron chi connectivity index (χ3n) is 15.5. The number of nitrogens with zero attached hydrogens (tertiary/aromatic N) is 8. The van der Waals surface area contributed by atoms with Crippen LogP contribution < -0.4 is 30.7 Å². The van der Waals surface area contributed by atoms with E-state index in [-0.39, 0.29) is 53.4 Å². The monoisotopic (exact) mass is 980 g/mol. The van der Waals surface area contributed by atoms with Crippen molar-refractivity contribution >= 4 is 58.5 Å². The van der Waals surface area contributed by atoms with Crippen LogP contribution in [0.1, 0.15) is 124 Å². The summed E-state index contributed by atoms with van der Waals surface area (Å²) in [4.78, 5) is 96.6. The predicted molar refractivity (Wildman–Crippen MR) is 264 cm³/mol. The maximum absolute atomic E-state index is 15.7. The number of hydrogen-bond acceptors (Lipinski definition) is 13. The van der Waals surface area contributed by atoms with Gasteiger partial charge in [0.15, 0.2) is 0 Å². The Bertz CT molecular complexity index is 2520. The third-order valence-corrected chi connectivity index (χ3v) is 15.5. The first kappa shape index (κ1) is 49.7. The molecule has 17 nitrogen and oxygen atoms in total. The van der Waals surface area contributed by atoms with Gasteiger partial charge in [-0.3, -0.25) is 43.9 Å². The summed E-state index contributed by atoms with van der Waals surface area (Å²) >= 11 is 0. The van der Waals surface area contributed by atoms with Gasteiger partial charge < -0.3 is 30.2 Å². The summed E-state index contributed by atoms with van der Waals surface area (Å²) < 4.78 is 31.2. The number of likely N-dealkylation sites (tertiary alicyclic amines) is 1. The summed E-state index contributed by atoms with van der Waals surface area (Å²) in [6.45, 7) is 11.3. The number of amides is 6. The molecule has 0 radical (unpaired) electrons. The minimum atomic E-state index is -1.01. The maximum Gasteiger partial charge on any atom is 0.262 e. The Labute approximate surface area is 414 Å². The molecule has 0 saturated carbocycles. The molecule has 0 aliphatic carbocycles. The van der Waals surface area contributed by atoms with E-state index < -0.39 is 46.8 Å². The van der Waals surface area contributed by atoms with Crippen LogP contribution in [0.5, 0.6) is 0 Å². The number of anilines is 4. The first-order valence-electron chi connectivity index (χ1n) is 25.6. The number of carbonyl (C=O) groups excluding carboxylic acids is 6. The fraction of sp³-hybridized carbons (Fsp3) is 0.577. The molecule has 7 heterocycles. The molecule has 5 fully saturated rings. The molecular weight excluding hydrogens is 913 g/mol. The summed E-state index contributed by atoms with van der Waals surface area (Å²) in [5.41, 5.74) is 1.45. The highest BCUT2D eigenvalue weighted by Gasteiger charge is 2.45. The summed E-state index contributed by atoms with van der Waals surface area (Å²) in [7, 11) is 0. The smallest absolute Gasteiger partial charge is 0.262 e. The molecule has 6 amide bonds. The van der Waals surface area contributed by atoms with E-state index in [1.807, 2.05) is 11.0 Å². The van der Waals surface area contributed by atoms with E-state index in [1.54, 1.807) is 29.4 Å². The van der Waals surface area contributed by atoms with Crippen molar-refractivity contribution in [2.24, 2.45) is 5.41 Å². The van der Waals surface area contributed by atoms with Gasteiger partial charge in [-0.05, 0) is 87.7 Å². The van der Waals surface area contributed by atoms with Crippen LogP contribution in [0.2, 0.25) is 0 Å². The first-order valence-corrected chi connectivity index (χ1v) is 25.6. The van der Waals surface area contributed by atoms with Gasteiger partial charge in [-0.15, -0.1) is 0 Å². The van der Waals surface area contributed by atoms with Crippen LogP contribution in [0.25, 0.3) is 0 Å². The number of halogens is 2. The second kappa shape index (κ2) is 21.2. The van der Waals surface area contributed by atoms with Gasteiger partial charge in [0.2, 0.25) is 23.6 Å². The van der Waals surface area contributed by atoms with Crippen LogP contribution in [0.3, 0.4) is 0 Å². The van der Waals surface area contributed by atoms with Gasteiger partial charge in [0.25, 0.3) is 11.8 Å². The topological polar surface area (TPSA) is 184 Å². The Morgan fingerprint density at radius 2 is 1.46 bits per heavy atom. The molecule has 0 bridgehead atoms. The Morgan fingerprint density at radius 1 is 0.746 bits per heavy atom. The fourth-order valence-electron chi connectivity index (χ4n) is 11.1. The zero-order chi connectivity index (χ0) is 49.9. The van der Waals surface area contributed by atoms with E-state index in [9.17, 15) is 28.8 Å². The molecule has 2 aromatic carbocycles. The number of hydrogen-bond donors (Lipinski definition) is 3. The Hall–Kier alpha value is -6.24. The number of benzene rings is 2. The van der Waals surface area contributed by atoms with Gasteiger partial charge in [-0.2, -0.15) is 0 Å². The van der Waals surface area contributed by atoms with E-state index in [0.29, 0.717) is 77.2 Å². The molecule has 3 N–H and O–H groups in total. The van der Waals surface area contributed by atoms with Gasteiger partial charge in [0.05, 0.1) is 28.9 Å². The summed E-state index contributed by atoms with van der Waals surface area (Å²) in [6.07, 6.45) is 11.5. The normalized spacial score (nSPS) is 21.4. The molecule has 5 saturated heterocycles. The molecule has 9 rings (SSSR count). The van der Waals surface area contributed by atoms with Crippen molar-refractivity contribution in [2.45, 2.75) is 115 Å². The largest absolute Gasteiger partial charge is 0.370 e. The molecule has 6 aliphatic heterocycles. The molecule has 1 spiro atoms. The van der Waals surface area contributed by atoms with Gasteiger partial charge in [-0.25, -0.2) is 18.7 Å². The van der Waals surface area contributed by atoms with Crippen LogP contribution >= 0.6 is 0 Å². The lowest BCUT2D eigenvalue weighted by molar-refractivity contribution is -0.136. The molecule has 6 aliphatic rings. The van der Waals surface area contributed by atoms with E-state index in [0.717, 1.165) is 93.2 Å². The number of nitrogens with one attached hydrogen (secondary N) is 3. The lowest BCUT2D eigenvalue weighted by Crippen LogP contribution is -2.66. The minimum absolute atomic E-state index is 0.0255. The zero-order valence-corrected chi connectivity index (χ0v) is 41.1. The number of unbranched alkanes of at least 4 members (excludes halogenated alkanes) is 5. The fourth-order valence-corrected chi connectivity index (χ4v) is 11.1. The van der Waals surface area contributed by atoms with E-state index in [2.05, 4.69) is 54.5 Å². The highest BCUT2D eigenvalue weighted by molar-refractivity contribution is 6.23. The minimum Gasteiger partial charge on any atom is -0.370 e. The molecule has 19 heteroatoms. The number of imide groups is 2. The molecule has 3 aromatic rings. The van der Waals surface area contributed by atoms with Crippen LogP contribution in [0.15, 0.2) is 42.7 Å². The number of fused-ring (bicyclic) bond motifs is 1. The number of rotatable bonds is 16. The van der Waals surface area contributed by atoms with Crippen molar-refractivity contribution in [3.8, 4) is 0 Å². The third kappa shape index (κ3) is 11.4.